The van der Waals surface area contributed by atoms with Crippen LogP contribution in [-0.2, 0) is 0 Å². The minimum Gasteiger partial charge on any atom is -0.265 e. The lowest BCUT2D eigenvalue weighted by Crippen LogP contribution is -1.85. The van der Waals surface area contributed by atoms with Crippen LogP contribution < -0.4 is 0 Å². The van der Waals surface area contributed by atoms with Crippen LogP contribution in [-0.4, -0.2) is 6.72 Å². The predicted molar refractivity (Wildman–Crippen MR) is 138 cm³/mol. The fraction of sp³-hybridized carbons (Fsp3) is 0.194. The Balaban J connectivity index is 1.64. The van der Waals surface area contributed by atoms with E-state index in [2.05, 4.69) is 91.7 Å². The van der Waals surface area contributed by atoms with Crippen LogP contribution in [0.4, 0.5) is 5.69 Å². The van der Waals surface area contributed by atoms with E-state index in [-0.39, 0.29) is 0 Å². The number of hydrogen-bond acceptors (Lipinski definition) is 1. The Morgan fingerprint density at radius 2 is 1.41 bits per heavy atom. The van der Waals surface area contributed by atoms with Crippen LogP contribution in [0.2, 0.25) is 0 Å². The Morgan fingerprint density at radius 1 is 0.781 bits per heavy atom. The number of hydrogen-bond donors (Lipinski definition) is 0. The first-order valence-corrected chi connectivity index (χ1v) is 11.2. The van der Waals surface area contributed by atoms with Crippen molar-refractivity contribution in [3.05, 3.63) is 106 Å². The molecule has 3 rings (SSSR count). The zero-order chi connectivity index (χ0) is 22.6. The third kappa shape index (κ3) is 7.16. The van der Waals surface area contributed by atoms with Crippen LogP contribution in [0.25, 0.3) is 6.08 Å². The van der Waals surface area contributed by atoms with Crippen LogP contribution in [0.3, 0.4) is 0 Å². The highest BCUT2D eigenvalue weighted by molar-refractivity contribution is 5.55. The van der Waals surface area contributed by atoms with Crippen molar-refractivity contribution in [3.63, 3.8) is 0 Å². The van der Waals surface area contributed by atoms with Crippen molar-refractivity contribution in [1.29, 1.82) is 0 Å². The van der Waals surface area contributed by atoms with Gasteiger partial charge in [0.25, 0.3) is 0 Å². The first kappa shape index (κ1) is 22.9. The average Bonchev–Trinajstić information content (AvgIpc) is 2.83. The van der Waals surface area contributed by atoms with Crippen LogP contribution in [0, 0.1) is 30.6 Å². The van der Waals surface area contributed by atoms with Crippen molar-refractivity contribution in [2.75, 3.05) is 0 Å². The highest BCUT2D eigenvalue weighted by Gasteiger charge is 1.97. The maximum absolute atomic E-state index is 3.90. The summed E-state index contributed by atoms with van der Waals surface area (Å²) in [4.78, 5) is 3.90. The molecule has 0 saturated heterocycles. The van der Waals surface area contributed by atoms with E-state index in [0.29, 0.717) is 0 Å². The highest BCUT2D eigenvalue weighted by atomic mass is 14.7. The minimum atomic E-state index is 0.850. The molecule has 0 aliphatic carbocycles. The van der Waals surface area contributed by atoms with E-state index in [1.165, 1.54) is 24.8 Å². The molecule has 0 saturated carbocycles. The lowest BCUT2D eigenvalue weighted by Gasteiger charge is -1.99. The smallest absolute Gasteiger partial charge is 0.0623 e. The molecule has 0 bridgehead atoms. The third-order valence-electron chi connectivity index (χ3n) is 5.16. The number of aliphatic imine (C=N–C) groups is 1. The van der Waals surface area contributed by atoms with Gasteiger partial charge in [0, 0.05) is 22.3 Å². The van der Waals surface area contributed by atoms with Crippen LogP contribution in [0.5, 0.6) is 0 Å². The fourth-order valence-electron chi connectivity index (χ4n) is 3.22. The Bertz CT molecular complexity index is 1190. The quantitative estimate of drug-likeness (QED) is 0.222. The van der Waals surface area contributed by atoms with E-state index in [1.54, 1.807) is 0 Å². The molecule has 1 heteroatoms. The van der Waals surface area contributed by atoms with E-state index in [1.807, 2.05) is 36.4 Å². The van der Waals surface area contributed by atoms with Gasteiger partial charge in [-0.15, -0.1) is 0 Å². The number of rotatable bonds is 6. The number of aryl methyl sites for hydroxylation is 1. The van der Waals surface area contributed by atoms with Gasteiger partial charge < -0.3 is 0 Å². The molecule has 0 aromatic heterocycles. The number of allylic oxidation sites excluding steroid dienone is 1. The topological polar surface area (TPSA) is 12.4 Å². The van der Waals surface area contributed by atoms with Crippen molar-refractivity contribution in [1.82, 2.24) is 0 Å². The lowest BCUT2D eigenvalue weighted by atomic mass is 10.0. The molecule has 0 heterocycles. The van der Waals surface area contributed by atoms with Crippen molar-refractivity contribution in [3.8, 4) is 23.7 Å². The van der Waals surface area contributed by atoms with Crippen LogP contribution in [0.15, 0.2) is 77.8 Å². The van der Waals surface area contributed by atoms with Gasteiger partial charge >= 0.3 is 0 Å². The predicted octanol–water partition coefficient (Wildman–Crippen LogP) is 7.72. The summed E-state index contributed by atoms with van der Waals surface area (Å²) in [5.74, 6) is 13.0. The van der Waals surface area contributed by atoms with E-state index in [0.717, 1.165) is 39.9 Å². The monoisotopic (exact) mass is 415 g/mol. The fourth-order valence-corrected chi connectivity index (χ4v) is 3.22. The molecule has 0 aliphatic heterocycles. The summed E-state index contributed by atoms with van der Waals surface area (Å²) >= 11 is 0. The molecule has 0 aliphatic rings. The van der Waals surface area contributed by atoms with Gasteiger partial charge in [0.1, 0.15) is 0 Å². The first-order valence-electron chi connectivity index (χ1n) is 11.2. The summed E-state index contributed by atoms with van der Waals surface area (Å²) in [6.45, 7) is 7.83. The van der Waals surface area contributed by atoms with Crippen LogP contribution in [0.1, 0.15) is 66.0 Å². The molecule has 0 radical (unpaired) electrons. The summed E-state index contributed by atoms with van der Waals surface area (Å²) in [7, 11) is 0. The van der Waals surface area contributed by atoms with Gasteiger partial charge in [-0.1, -0.05) is 67.7 Å². The SMILES string of the molecule is C=Nc1ccc(C#Cc2ccc(C#Cc3ccc(/C=C/CCCCC)cc3)cc2C)cc1. The van der Waals surface area contributed by atoms with Gasteiger partial charge in [-0.2, -0.15) is 0 Å². The van der Waals surface area contributed by atoms with Crippen molar-refractivity contribution in [2.24, 2.45) is 4.99 Å². The van der Waals surface area contributed by atoms with Crippen molar-refractivity contribution < 1.29 is 0 Å². The van der Waals surface area contributed by atoms with E-state index in [4.69, 9.17) is 0 Å². The molecular weight excluding hydrogens is 386 g/mol. The first-order chi connectivity index (χ1) is 15.7. The number of unbranched alkanes of at least 4 members (excludes halogenated alkanes) is 3. The molecule has 0 N–H and O–H groups in total. The standard InChI is InChI=1S/C31H29N/c1-4-5-6-7-8-9-26-10-12-27(13-11-26)14-15-29-17-21-30(25(2)24-29)20-16-28-18-22-31(32-3)23-19-28/h8-13,17-19,21-24H,3-7H2,1-2H3/b9-8+. The molecule has 158 valence electrons. The molecule has 0 fully saturated rings. The summed E-state index contributed by atoms with van der Waals surface area (Å²) in [5, 5.41) is 0. The van der Waals surface area contributed by atoms with E-state index < -0.39 is 0 Å². The third-order valence-corrected chi connectivity index (χ3v) is 5.16. The normalized spacial score (nSPS) is 10.2. The second-order valence-electron chi connectivity index (χ2n) is 7.75. The summed E-state index contributed by atoms with van der Waals surface area (Å²) in [6, 6.07) is 22.3. The van der Waals surface area contributed by atoms with Crippen molar-refractivity contribution >= 4 is 18.5 Å². The summed E-state index contributed by atoms with van der Waals surface area (Å²) in [6.07, 6.45) is 9.43. The van der Waals surface area contributed by atoms with Gasteiger partial charge in [-0.25, -0.2) is 0 Å². The maximum Gasteiger partial charge on any atom is 0.0623 e. The molecular formula is C31H29N. The van der Waals surface area contributed by atoms with Gasteiger partial charge in [0.15, 0.2) is 0 Å². The van der Waals surface area contributed by atoms with Gasteiger partial charge in [-0.05, 0) is 92.2 Å². The summed E-state index contributed by atoms with van der Waals surface area (Å²) in [5.41, 5.74) is 7.18. The molecule has 3 aromatic rings. The van der Waals surface area contributed by atoms with Gasteiger partial charge in [-0.3, -0.25) is 4.99 Å². The number of nitrogens with zero attached hydrogens (tertiary/aromatic N) is 1. The summed E-state index contributed by atoms with van der Waals surface area (Å²) < 4.78 is 0. The Hall–Kier alpha value is -3.81. The molecule has 0 atom stereocenters. The van der Waals surface area contributed by atoms with Gasteiger partial charge in [0.2, 0.25) is 0 Å². The maximum atomic E-state index is 3.90. The molecule has 0 amide bonds. The molecule has 32 heavy (non-hydrogen) atoms. The molecule has 0 unspecified atom stereocenters. The molecule has 1 nitrogen and oxygen atoms in total. The Labute approximate surface area is 192 Å². The Morgan fingerprint density at radius 3 is 2.06 bits per heavy atom. The zero-order valence-electron chi connectivity index (χ0n) is 19.0. The second-order valence-corrected chi connectivity index (χ2v) is 7.75. The largest absolute Gasteiger partial charge is 0.265 e. The number of benzene rings is 3. The van der Waals surface area contributed by atoms with E-state index in [9.17, 15) is 0 Å². The van der Waals surface area contributed by atoms with Crippen LogP contribution >= 0.6 is 0 Å². The molecule has 3 aromatic carbocycles. The van der Waals surface area contributed by atoms with Gasteiger partial charge in [0.05, 0.1) is 5.69 Å². The lowest BCUT2D eigenvalue weighted by molar-refractivity contribution is 0.730. The van der Waals surface area contributed by atoms with E-state index >= 15 is 0 Å². The minimum absolute atomic E-state index is 0.850. The highest BCUT2D eigenvalue weighted by Crippen LogP contribution is 2.13. The van der Waals surface area contributed by atoms with Crippen molar-refractivity contribution in [2.45, 2.75) is 39.5 Å². The Kier molecular flexibility index (Phi) is 8.68. The molecule has 0 spiro atoms. The second kappa shape index (κ2) is 12.1. The zero-order valence-corrected chi connectivity index (χ0v) is 19.0. The average molecular weight is 416 g/mol.